The summed E-state index contributed by atoms with van der Waals surface area (Å²) in [5.41, 5.74) is 3.60. The van der Waals surface area contributed by atoms with E-state index in [-0.39, 0.29) is 24.3 Å². The molecule has 0 bridgehead atoms. The van der Waals surface area contributed by atoms with Gasteiger partial charge in [-0.25, -0.2) is 14.2 Å². The number of carbonyl (C=O) groups excluding carboxylic acids is 1. The van der Waals surface area contributed by atoms with Crippen LogP contribution in [0.5, 0.6) is 5.75 Å². The molecule has 6 rings (SSSR count). The van der Waals surface area contributed by atoms with Crippen LogP contribution < -0.4 is 19.6 Å². The van der Waals surface area contributed by atoms with Crippen LogP contribution in [0, 0.1) is 17.1 Å². The van der Waals surface area contributed by atoms with E-state index in [0.29, 0.717) is 43.0 Å². The SMILES string of the molecule is CCOC(=O)C1=C(c2ccccc2)N=c2s/c(=C\c3ccccc3OCc3ccc(C#N)cc3)c(=O)n2[C@H]1c1ccc(F)cc1. The van der Waals surface area contributed by atoms with Crippen LogP contribution in [-0.2, 0) is 16.1 Å². The van der Waals surface area contributed by atoms with E-state index >= 15 is 0 Å². The fourth-order valence-electron chi connectivity index (χ4n) is 5.11. The number of halogens is 1. The Labute approximate surface area is 262 Å². The Morgan fingerprint density at radius 1 is 1.00 bits per heavy atom. The van der Waals surface area contributed by atoms with Gasteiger partial charge in [-0.05, 0) is 54.5 Å². The second kappa shape index (κ2) is 13.0. The molecule has 0 fully saturated rings. The van der Waals surface area contributed by atoms with Crippen molar-refractivity contribution in [2.24, 2.45) is 4.99 Å². The van der Waals surface area contributed by atoms with E-state index in [1.807, 2.05) is 66.7 Å². The molecular formula is C36H26FN3O4S. The van der Waals surface area contributed by atoms with Gasteiger partial charge in [-0.3, -0.25) is 9.36 Å². The number of carbonyl (C=O) groups is 1. The summed E-state index contributed by atoms with van der Waals surface area (Å²) in [5, 5.41) is 9.07. The maximum atomic E-state index is 14.2. The summed E-state index contributed by atoms with van der Waals surface area (Å²) in [4.78, 5) is 32.9. The molecule has 7 nitrogen and oxygen atoms in total. The zero-order chi connectivity index (χ0) is 31.3. The number of hydrogen-bond acceptors (Lipinski definition) is 7. The smallest absolute Gasteiger partial charge is 0.338 e. The van der Waals surface area contributed by atoms with Crippen molar-refractivity contribution in [3.05, 3.63) is 162 Å². The Balaban J connectivity index is 1.50. The van der Waals surface area contributed by atoms with Crippen LogP contribution in [0.1, 0.15) is 40.8 Å². The van der Waals surface area contributed by atoms with Crippen LogP contribution in [-0.4, -0.2) is 17.1 Å². The van der Waals surface area contributed by atoms with Gasteiger partial charge in [-0.1, -0.05) is 84.1 Å². The fraction of sp³-hybridized carbons (Fsp3) is 0.111. The van der Waals surface area contributed by atoms with Crippen molar-refractivity contribution in [2.45, 2.75) is 19.6 Å². The van der Waals surface area contributed by atoms with Gasteiger partial charge in [0, 0.05) is 11.1 Å². The zero-order valence-electron chi connectivity index (χ0n) is 24.1. The first-order valence-electron chi connectivity index (χ1n) is 14.2. The number of esters is 1. The molecule has 1 aromatic heterocycles. The van der Waals surface area contributed by atoms with Crippen LogP contribution in [0.15, 0.2) is 118 Å². The number of fused-ring (bicyclic) bond motifs is 1. The van der Waals surface area contributed by atoms with Crippen LogP contribution in [0.2, 0.25) is 0 Å². The van der Waals surface area contributed by atoms with E-state index in [4.69, 9.17) is 19.7 Å². The van der Waals surface area contributed by atoms with Crippen molar-refractivity contribution in [1.29, 1.82) is 5.26 Å². The molecule has 0 amide bonds. The third kappa shape index (κ3) is 6.09. The van der Waals surface area contributed by atoms with Crippen molar-refractivity contribution in [1.82, 2.24) is 4.57 Å². The average Bonchev–Trinajstić information content (AvgIpc) is 3.38. The highest BCUT2D eigenvalue weighted by atomic mass is 32.1. The normalized spacial score (nSPS) is 14.3. The first kappa shape index (κ1) is 29.5. The van der Waals surface area contributed by atoms with E-state index < -0.39 is 17.8 Å². The minimum absolute atomic E-state index is 0.129. The van der Waals surface area contributed by atoms with E-state index in [1.54, 1.807) is 37.3 Å². The molecule has 0 unspecified atom stereocenters. The first-order valence-corrected chi connectivity index (χ1v) is 15.0. The third-order valence-electron chi connectivity index (χ3n) is 7.24. The molecule has 1 aliphatic heterocycles. The average molecular weight is 616 g/mol. The Hall–Kier alpha value is -5.59. The van der Waals surface area contributed by atoms with Gasteiger partial charge in [-0.15, -0.1) is 0 Å². The topological polar surface area (TPSA) is 93.7 Å². The Bertz CT molecular complexity index is 2130. The number of benzene rings is 4. The number of rotatable bonds is 8. The summed E-state index contributed by atoms with van der Waals surface area (Å²) < 4.78 is 27.5. The molecule has 1 atom stereocenters. The molecule has 1 aliphatic rings. The summed E-state index contributed by atoms with van der Waals surface area (Å²) in [6.45, 7) is 2.11. The minimum atomic E-state index is -0.902. The molecule has 0 radical (unpaired) electrons. The lowest BCUT2D eigenvalue weighted by Gasteiger charge is -2.25. The predicted octanol–water partition coefficient (Wildman–Crippen LogP) is 5.53. The molecule has 0 N–H and O–H groups in total. The maximum Gasteiger partial charge on any atom is 0.338 e. The second-order valence-corrected chi connectivity index (χ2v) is 11.1. The molecule has 5 aromatic rings. The number of thiazole rings is 1. The van der Waals surface area contributed by atoms with Crippen LogP contribution >= 0.6 is 11.3 Å². The van der Waals surface area contributed by atoms with E-state index in [0.717, 1.165) is 5.56 Å². The van der Waals surface area contributed by atoms with E-state index in [1.165, 1.54) is 28.0 Å². The van der Waals surface area contributed by atoms with E-state index in [9.17, 15) is 14.0 Å². The van der Waals surface area contributed by atoms with Crippen molar-refractivity contribution < 1.29 is 18.7 Å². The number of para-hydroxylation sites is 1. The molecule has 4 aromatic carbocycles. The molecule has 0 saturated heterocycles. The van der Waals surface area contributed by atoms with Gasteiger partial charge in [0.05, 0.1) is 40.1 Å². The molecule has 9 heteroatoms. The second-order valence-electron chi connectivity index (χ2n) is 10.1. The lowest BCUT2D eigenvalue weighted by molar-refractivity contribution is -0.138. The van der Waals surface area contributed by atoms with Gasteiger partial charge < -0.3 is 9.47 Å². The number of nitriles is 1. The van der Waals surface area contributed by atoms with Crippen molar-refractivity contribution in [2.75, 3.05) is 6.61 Å². The highest BCUT2D eigenvalue weighted by Crippen LogP contribution is 2.35. The molecule has 45 heavy (non-hydrogen) atoms. The lowest BCUT2D eigenvalue weighted by atomic mass is 9.93. The minimum Gasteiger partial charge on any atom is -0.488 e. The lowest BCUT2D eigenvalue weighted by Crippen LogP contribution is -2.40. The number of ether oxygens (including phenoxy) is 2. The standard InChI is InChI=1S/C36H26FN3O4S/c1-2-43-35(42)31-32(25-8-4-3-5-9-25)39-36-40(33(31)26-16-18-28(37)19-17-26)34(41)30(45-36)20-27-10-6-7-11-29(27)44-22-24-14-12-23(21-38)13-15-24/h3-20,33H,2,22H2,1H3/b30-20-/t33-/m0/s1. The van der Waals surface area contributed by atoms with Gasteiger partial charge in [0.2, 0.25) is 0 Å². The fourth-order valence-corrected chi connectivity index (χ4v) is 6.10. The van der Waals surface area contributed by atoms with Gasteiger partial charge in [0.15, 0.2) is 4.80 Å². The summed E-state index contributed by atoms with van der Waals surface area (Å²) in [5.74, 6) is -0.473. The molecule has 0 saturated carbocycles. The summed E-state index contributed by atoms with van der Waals surface area (Å²) >= 11 is 1.19. The van der Waals surface area contributed by atoms with Gasteiger partial charge in [-0.2, -0.15) is 5.26 Å². The monoisotopic (exact) mass is 615 g/mol. The molecule has 2 heterocycles. The van der Waals surface area contributed by atoms with E-state index in [2.05, 4.69) is 6.07 Å². The highest BCUT2D eigenvalue weighted by molar-refractivity contribution is 7.07. The van der Waals surface area contributed by atoms with Crippen molar-refractivity contribution in [3.63, 3.8) is 0 Å². The largest absolute Gasteiger partial charge is 0.488 e. The zero-order valence-corrected chi connectivity index (χ0v) is 25.0. The van der Waals surface area contributed by atoms with Crippen LogP contribution in [0.4, 0.5) is 4.39 Å². The van der Waals surface area contributed by atoms with Crippen LogP contribution in [0.25, 0.3) is 11.8 Å². The number of hydrogen-bond donors (Lipinski definition) is 0. The Morgan fingerprint density at radius 3 is 2.42 bits per heavy atom. The van der Waals surface area contributed by atoms with Gasteiger partial charge >= 0.3 is 5.97 Å². The molecular weight excluding hydrogens is 589 g/mol. The highest BCUT2D eigenvalue weighted by Gasteiger charge is 2.35. The van der Waals surface area contributed by atoms with Crippen molar-refractivity contribution >= 4 is 29.1 Å². The van der Waals surface area contributed by atoms with Crippen molar-refractivity contribution in [3.8, 4) is 11.8 Å². The van der Waals surface area contributed by atoms with Gasteiger partial charge in [0.1, 0.15) is 18.2 Å². The van der Waals surface area contributed by atoms with Crippen LogP contribution in [0.3, 0.4) is 0 Å². The number of nitrogens with zero attached hydrogens (tertiary/aromatic N) is 3. The molecule has 0 aliphatic carbocycles. The molecule has 0 spiro atoms. The summed E-state index contributed by atoms with van der Waals surface area (Å²) in [7, 11) is 0. The first-order chi connectivity index (χ1) is 22.0. The number of aromatic nitrogens is 1. The Morgan fingerprint density at radius 2 is 1.71 bits per heavy atom. The van der Waals surface area contributed by atoms with Gasteiger partial charge in [0.25, 0.3) is 5.56 Å². The third-order valence-corrected chi connectivity index (χ3v) is 8.23. The summed E-state index contributed by atoms with van der Waals surface area (Å²) in [6, 6.07) is 30.7. The molecule has 222 valence electrons. The predicted molar refractivity (Wildman–Crippen MR) is 169 cm³/mol. The quantitative estimate of drug-likeness (QED) is 0.214. The Kier molecular flexibility index (Phi) is 8.49. The maximum absolute atomic E-state index is 14.2. The summed E-state index contributed by atoms with van der Waals surface area (Å²) in [6.07, 6.45) is 1.75.